The standard InChI is InChI=1S/2C43H27N3/c1-3-12-30(13-4-1)41-44-42(31-14-5-2-6-15-31)46-43(45-41)40-27-34(25-33-16-8-10-18-36(33)40)32-20-19-29-22-23-37-35-17-9-7-11-28(35)21-24-38(37)39(29)26-32;1-3-10-30(11-4-1)41-44-42(31-12-5-2-6-13-31)46-43(45-41)36-20-19-32-25-33(17-18-34(32)26-36)35-16-15-29-22-23-38-37-14-8-7-9-28(37)21-24-39(38)40(29)27-35/h2*1-27H. The van der Waals surface area contributed by atoms with Crippen molar-refractivity contribution in [2.24, 2.45) is 0 Å². The van der Waals surface area contributed by atoms with E-state index in [0.717, 1.165) is 60.7 Å². The van der Waals surface area contributed by atoms with E-state index in [1.54, 1.807) is 0 Å². The molecule has 0 saturated heterocycles. The van der Waals surface area contributed by atoms with Gasteiger partial charge in [-0.2, -0.15) is 0 Å². The molecule has 92 heavy (non-hydrogen) atoms. The van der Waals surface area contributed by atoms with Gasteiger partial charge in [-0.1, -0.05) is 291 Å². The molecule has 428 valence electrons. The third-order valence-corrected chi connectivity index (χ3v) is 17.8. The van der Waals surface area contributed by atoms with Gasteiger partial charge in [0.25, 0.3) is 0 Å². The number of benzene rings is 16. The average molecular weight is 1170 g/mol. The molecule has 0 aliphatic rings. The van der Waals surface area contributed by atoms with Crippen molar-refractivity contribution in [3.8, 4) is 90.6 Å². The Morgan fingerprint density at radius 1 is 0.130 bits per heavy atom. The van der Waals surface area contributed by atoms with Crippen LogP contribution in [-0.2, 0) is 0 Å². The van der Waals surface area contributed by atoms with Crippen molar-refractivity contribution in [3.63, 3.8) is 0 Å². The van der Waals surface area contributed by atoms with Gasteiger partial charge in [0.15, 0.2) is 34.9 Å². The van der Waals surface area contributed by atoms with E-state index in [9.17, 15) is 0 Å². The first kappa shape index (κ1) is 53.8. The second-order valence-corrected chi connectivity index (χ2v) is 23.4. The highest BCUT2D eigenvalue weighted by Gasteiger charge is 2.18. The maximum absolute atomic E-state index is 5.08. The molecule has 2 aromatic heterocycles. The van der Waals surface area contributed by atoms with E-state index in [4.69, 9.17) is 29.9 Å². The van der Waals surface area contributed by atoms with Crippen LogP contribution >= 0.6 is 0 Å². The van der Waals surface area contributed by atoms with Gasteiger partial charge in [-0.25, -0.2) is 29.9 Å². The van der Waals surface area contributed by atoms with E-state index >= 15 is 0 Å². The molecule has 0 radical (unpaired) electrons. The van der Waals surface area contributed by atoms with Crippen LogP contribution in [-0.4, -0.2) is 29.9 Å². The second-order valence-electron chi connectivity index (χ2n) is 23.4. The van der Waals surface area contributed by atoms with Crippen LogP contribution in [0.3, 0.4) is 0 Å². The van der Waals surface area contributed by atoms with Crippen molar-refractivity contribution >= 4 is 86.2 Å². The zero-order valence-electron chi connectivity index (χ0n) is 49.9. The Kier molecular flexibility index (Phi) is 13.4. The smallest absolute Gasteiger partial charge is 0.164 e. The molecule has 0 bridgehead atoms. The molecule has 18 rings (SSSR count). The van der Waals surface area contributed by atoms with Crippen LogP contribution in [0.2, 0.25) is 0 Å². The highest BCUT2D eigenvalue weighted by molar-refractivity contribution is 6.19. The Bertz CT molecular complexity index is 5760. The van der Waals surface area contributed by atoms with Gasteiger partial charge >= 0.3 is 0 Å². The zero-order valence-corrected chi connectivity index (χ0v) is 49.9. The highest BCUT2D eigenvalue weighted by atomic mass is 15.0. The Labute approximate surface area is 531 Å². The number of rotatable bonds is 8. The molecule has 0 amide bonds. The molecule has 0 atom stereocenters. The van der Waals surface area contributed by atoms with E-state index in [1.807, 2.05) is 121 Å². The summed E-state index contributed by atoms with van der Waals surface area (Å²) in [5, 5.41) is 19.7. The first-order valence-electron chi connectivity index (χ1n) is 31.1. The molecule has 16 aromatic carbocycles. The second kappa shape index (κ2) is 23.0. The summed E-state index contributed by atoms with van der Waals surface area (Å²) in [6, 6.07) is 115. The summed E-state index contributed by atoms with van der Waals surface area (Å²) in [5.41, 5.74) is 10.5. The van der Waals surface area contributed by atoms with E-state index in [2.05, 4.69) is 206 Å². The number of hydrogen-bond donors (Lipinski definition) is 0. The normalized spacial score (nSPS) is 11.5. The fourth-order valence-corrected chi connectivity index (χ4v) is 13.1. The molecule has 0 N–H and O–H groups in total. The fraction of sp³-hybridized carbons (Fsp3) is 0. The molecular weight excluding hydrogens is 1120 g/mol. The van der Waals surface area contributed by atoms with Crippen LogP contribution in [0.4, 0.5) is 0 Å². The Morgan fingerprint density at radius 2 is 0.413 bits per heavy atom. The predicted octanol–water partition coefficient (Wildman–Crippen LogP) is 22.3. The molecule has 0 spiro atoms. The van der Waals surface area contributed by atoms with Crippen LogP contribution in [0, 0.1) is 0 Å². The van der Waals surface area contributed by atoms with Crippen molar-refractivity contribution in [2.45, 2.75) is 0 Å². The minimum absolute atomic E-state index is 0.656. The summed E-state index contributed by atoms with van der Waals surface area (Å²) in [6.45, 7) is 0. The summed E-state index contributed by atoms with van der Waals surface area (Å²) < 4.78 is 0. The maximum atomic E-state index is 5.08. The first-order valence-corrected chi connectivity index (χ1v) is 31.1. The van der Waals surface area contributed by atoms with Gasteiger partial charge in [-0.05, 0) is 145 Å². The summed E-state index contributed by atoms with van der Waals surface area (Å²) >= 11 is 0. The third-order valence-electron chi connectivity index (χ3n) is 17.8. The Morgan fingerprint density at radius 3 is 0.859 bits per heavy atom. The number of nitrogens with zero attached hydrogens (tertiary/aromatic N) is 6. The fourth-order valence-electron chi connectivity index (χ4n) is 13.1. The van der Waals surface area contributed by atoms with Crippen LogP contribution in [0.1, 0.15) is 0 Å². The van der Waals surface area contributed by atoms with Crippen LogP contribution < -0.4 is 0 Å². The lowest BCUT2D eigenvalue weighted by molar-refractivity contribution is 1.07. The highest BCUT2D eigenvalue weighted by Crippen LogP contribution is 2.40. The molecule has 0 unspecified atom stereocenters. The van der Waals surface area contributed by atoms with Crippen LogP contribution in [0.25, 0.3) is 177 Å². The minimum atomic E-state index is 0.656. The molecule has 6 nitrogen and oxygen atoms in total. The van der Waals surface area contributed by atoms with Crippen molar-refractivity contribution in [2.75, 3.05) is 0 Å². The number of hydrogen-bond acceptors (Lipinski definition) is 6. The van der Waals surface area contributed by atoms with Gasteiger partial charge in [0.2, 0.25) is 0 Å². The lowest BCUT2D eigenvalue weighted by Gasteiger charge is -2.14. The van der Waals surface area contributed by atoms with Crippen molar-refractivity contribution in [1.82, 2.24) is 29.9 Å². The van der Waals surface area contributed by atoms with Crippen LogP contribution in [0.5, 0.6) is 0 Å². The quantitative estimate of drug-likeness (QED) is 0.141. The molecule has 0 aliphatic heterocycles. The largest absolute Gasteiger partial charge is 0.208 e. The summed E-state index contributed by atoms with van der Waals surface area (Å²) in [5.74, 6) is 3.95. The average Bonchev–Trinajstić information content (AvgIpc) is 0.960. The van der Waals surface area contributed by atoms with Gasteiger partial charge in [0, 0.05) is 33.4 Å². The SMILES string of the molecule is c1ccc(-c2nc(-c3ccccc3)nc(-c3cc(-c4ccc5ccc6c7ccccc7ccc6c5c4)cc4ccccc34)n2)cc1.c1ccc(-c2nc(-c3ccccc3)nc(-c3ccc4cc(-c5ccc6ccc7c8ccccc8ccc7c6c5)ccc4c3)n2)cc1. The van der Waals surface area contributed by atoms with E-state index < -0.39 is 0 Å². The van der Waals surface area contributed by atoms with Gasteiger partial charge in [-0.15, -0.1) is 0 Å². The monoisotopic (exact) mass is 1170 g/mol. The summed E-state index contributed by atoms with van der Waals surface area (Å²) in [4.78, 5) is 29.8. The van der Waals surface area contributed by atoms with Gasteiger partial charge < -0.3 is 0 Å². The Balaban J connectivity index is 0.000000141. The van der Waals surface area contributed by atoms with E-state index in [1.165, 1.54) is 81.1 Å². The summed E-state index contributed by atoms with van der Waals surface area (Å²) in [7, 11) is 0. The number of fused-ring (bicyclic) bond motifs is 12. The molecule has 2 heterocycles. The van der Waals surface area contributed by atoms with E-state index in [-0.39, 0.29) is 0 Å². The van der Waals surface area contributed by atoms with Gasteiger partial charge in [0.1, 0.15) is 0 Å². The Hall–Kier alpha value is -12.4. The molecule has 0 saturated carbocycles. The van der Waals surface area contributed by atoms with Gasteiger partial charge in [-0.3, -0.25) is 0 Å². The molecule has 0 aliphatic carbocycles. The molecule has 0 fully saturated rings. The van der Waals surface area contributed by atoms with Crippen LogP contribution in [0.15, 0.2) is 328 Å². The molecule has 18 aromatic rings. The van der Waals surface area contributed by atoms with Gasteiger partial charge in [0.05, 0.1) is 0 Å². The predicted molar refractivity (Wildman–Crippen MR) is 383 cm³/mol. The van der Waals surface area contributed by atoms with E-state index in [0.29, 0.717) is 34.9 Å². The zero-order chi connectivity index (χ0) is 60.9. The van der Waals surface area contributed by atoms with Crippen molar-refractivity contribution in [3.05, 3.63) is 328 Å². The third kappa shape index (κ3) is 10.1. The van der Waals surface area contributed by atoms with Crippen molar-refractivity contribution in [1.29, 1.82) is 0 Å². The van der Waals surface area contributed by atoms with Crippen molar-refractivity contribution < 1.29 is 0 Å². The topological polar surface area (TPSA) is 77.3 Å². The number of aromatic nitrogens is 6. The minimum Gasteiger partial charge on any atom is -0.208 e. The molecular formula is C86H54N6. The maximum Gasteiger partial charge on any atom is 0.164 e. The molecule has 6 heteroatoms. The first-order chi connectivity index (χ1) is 45.5. The summed E-state index contributed by atoms with van der Waals surface area (Å²) in [6.07, 6.45) is 0. The lowest BCUT2D eigenvalue weighted by Crippen LogP contribution is -2.00. The lowest BCUT2D eigenvalue weighted by atomic mass is 9.92.